The first-order valence-corrected chi connectivity index (χ1v) is 10.0. The summed E-state index contributed by atoms with van der Waals surface area (Å²) in [5, 5.41) is 6.47. The van der Waals surface area contributed by atoms with Crippen molar-refractivity contribution in [2.75, 3.05) is 6.54 Å². The third-order valence-electron chi connectivity index (χ3n) is 4.55. The maximum absolute atomic E-state index is 11.9. The van der Waals surface area contributed by atoms with E-state index < -0.39 is 11.8 Å². The van der Waals surface area contributed by atoms with Gasteiger partial charge >= 0.3 is 11.8 Å². The number of nitrogens with zero attached hydrogens (tertiary/aromatic N) is 1. The fourth-order valence-corrected chi connectivity index (χ4v) is 2.82. The van der Waals surface area contributed by atoms with Crippen molar-refractivity contribution >= 4 is 18.0 Å². The quantitative estimate of drug-likeness (QED) is 0.336. The van der Waals surface area contributed by atoms with Gasteiger partial charge in [-0.3, -0.25) is 9.59 Å². The zero-order chi connectivity index (χ0) is 21.9. The Hall–Kier alpha value is -3.93. The van der Waals surface area contributed by atoms with Crippen LogP contribution in [0, 0.1) is 6.92 Å². The van der Waals surface area contributed by atoms with Gasteiger partial charge in [-0.1, -0.05) is 72.3 Å². The molecule has 0 aliphatic rings. The zero-order valence-electron chi connectivity index (χ0n) is 17.4. The van der Waals surface area contributed by atoms with Gasteiger partial charge in [-0.05, 0) is 36.6 Å². The molecular formula is C25H25N3O3. The lowest BCUT2D eigenvalue weighted by molar-refractivity contribution is -0.139. The Labute approximate surface area is 182 Å². The fraction of sp³-hybridized carbons (Fsp3) is 0.160. The normalized spacial score (nSPS) is 10.6. The van der Waals surface area contributed by atoms with Gasteiger partial charge in [-0.25, -0.2) is 5.43 Å². The van der Waals surface area contributed by atoms with E-state index in [1.54, 1.807) is 0 Å². The second kappa shape index (κ2) is 11.3. The Morgan fingerprint density at radius 3 is 2.35 bits per heavy atom. The molecule has 31 heavy (non-hydrogen) atoms. The van der Waals surface area contributed by atoms with Gasteiger partial charge in [0.15, 0.2) is 0 Å². The lowest BCUT2D eigenvalue weighted by Crippen LogP contribution is -2.38. The minimum atomic E-state index is -0.817. The van der Waals surface area contributed by atoms with Crippen LogP contribution in [-0.2, 0) is 22.6 Å². The zero-order valence-corrected chi connectivity index (χ0v) is 17.4. The molecule has 6 nitrogen and oxygen atoms in total. The number of amides is 2. The van der Waals surface area contributed by atoms with Gasteiger partial charge in [-0.15, -0.1) is 0 Å². The molecule has 158 valence electrons. The van der Waals surface area contributed by atoms with Crippen molar-refractivity contribution in [1.29, 1.82) is 0 Å². The van der Waals surface area contributed by atoms with E-state index in [0.29, 0.717) is 30.9 Å². The van der Waals surface area contributed by atoms with Crippen molar-refractivity contribution < 1.29 is 14.3 Å². The number of aryl methyl sites for hydroxylation is 1. The van der Waals surface area contributed by atoms with Gasteiger partial charge in [0, 0.05) is 12.1 Å². The number of ether oxygens (including phenoxy) is 1. The predicted molar refractivity (Wildman–Crippen MR) is 121 cm³/mol. The number of hydrazone groups is 1. The lowest BCUT2D eigenvalue weighted by atomic mass is 10.1. The summed E-state index contributed by atoms with van der Waals surface area (Å²) >= 11 is 0. The maximum Gasteiger partial charge on any atom is 0.329 e. The Kier molecular flexibility index (Phi) is 7.94. The third kappa shape index (κ3) is 7.12. The molecule has 0 aliphatic carbocycles. The highest BCUT2D eigenvalue weighted by atomic mass is 16.5. The molecule has 0 spiro atoms. The molecule has 0 radical (unpaired) electrons. The van der Waals surface area contributed by atoms with Gasteiger partial charge in [0.25, 0.3) is 0 Å². The number of nitrogens with one attached hydrogen (secondary N) is 2. The van der Waals surface area contributed by atoms with Crippen LogP contribution in [0.5, 0.6) is 5.75 Å². The van der Waals surface area contributed by atoms with Crippen LogP contribution in [0.1, 0.15) is 22.3 Å². The molecule has 2 amide bonds. The maximum atomic E-state index is 11.9. The van der Waals surface area contributed by atoms with Crippen LogP contribution >= 0.6 is 0 Å². The first-order chi connectivity index (χ1) is 15.1. The SMILES string of the molecule is Cc1ccc(COc2ccccc2/C=N\NC(=O)C(=O)NCCc2ccccc2)cc1. The minimum absolute atomic E-state index is 0.371. The summed E-state index contributed by atoms with van der Waals surface area (Å²) in [5.41, 5.74) is 6.27. The average molecular weight is 415 g/mol. The molecule has 0 atom stereocenters. The van der Waals surface area contributed by atoms with Gasteiger partial charge < -0.3 is 10.1 Å². The van der Waals surface area contributed by atoms with Crippen LogP contribution < -0.4 is 15.5 Å². The second-order valence-corrected chi connectivity index (χ2v) is 7.00. The topological polar surface area (TPSA) is 79.8 Å². The monoisotopic (exact) mass is 415 g/mol. The standard InChI is InChI=1S/C25H25N3O3/c1-19-11-13-21(14-12-19)18-31-23-10-6-5-9-22(23)17-27-28-25(30)24(29)26-16-15-20-7-3-2-4-8-20/h2-14,17H,15-16,18H2,1H3,(H,26,29)(H,28,30)/b27-17-. The molecule has 0 heterocycles. The van der Waals surface area contributed by atoms with E-state index in [-0.39, 0.29) is 0 Å². The molecular weight excluding hydrogens is 390 g/mol. The van der Waals surface area contributed by atoms with E-state index in [1.165, 1.54) is 11.8 Å². The van der Waals surface area contributed by atoms with E-state index >= 15 is 0 Å². The molecule has 0 saturated heterocycles. The van der Waals surface area contributed by atoms with E-state index in [4.69, 9.17) is 4.74 Å². The predicted octanol–water partition coefficient (Wildman–Crippen LogP) is 3.38. The van der Waals surface area contributed by atoms with Crippen LogP contribution in [-0.4, -0.2) is 24.6 Å². The van der Waals surface area contributed by atoms with Crippen molar-refractivity contribution in [3.8, 4) is 5.75 Å². The largest absolute Gasteiger partial charge is 0.488 e. The molecule has 0 unspecified atom stereocenters. The Morgan fingerprint density at radius 1 is 0.871 bits per heavy atom. The van der Waals surface area contributed by atoms with Crippen LogP contribution in [0.2, 0.25) is 0 Å². The van der Waals surface area contributed by atoms with Crippen LogP contribution in [0.25, 0.3) is 0 Å². The highest BCUT2D eigenvalue weighted by Gasteiger charge is 2.11. The molecule has 3 rings (SSSR count). The van der Waals surface area contributed by atoms with Crippen molar-refractivity contribution in [1.82, 2.24) is 10.7 Å². The Balaban J connectivity index is 1.47. The number of para-hydroxylation sites is 1. The smallest absolute Gasteiger partial charge is 0.329 e. The molecule has 0 saturated carbocycles. The highest BCUT2D eigenvalue weighted by molar-refractivity contribution is 6.35. The fourth-order valence-electron chi connectivity index (χ4n) is 2.82. The first-order valence-electron chi connectivity index (χ1n) is 10.0. The first kappa shape index (κ1) is 21.8. The molecule has 6 heteroatoms. The molecule has 3 aromatic carbocycles. The summed E-state index contributed by atoms with van der Waals surface area (Å²) in [4.78, 5) is 23.8. The number of hydrogen-bond acceptors (Lipinski definition) is 4. The molecule has 0 fully saturated rings. The van der Waals surface area contributed by atoms with E-state index in [1.807, 2.05) is 85.8 Å². The third-order valence-corrected chi connectivity index (χ3v) is 4.55. The lowest BCUT2D eigenvalue weighted by Gasteiger charge is -2.09. The van der Waals surface area contributed by atoms with Gasteiger partial charge in [0.1, 0.15) is 12.4 Å². The summed E-state index contributed by atoms with van der Waals surface area (Å²) < 4.78 is 5.88. The second-order valence-electron chi connectivity index (χ2n) is 7.00. The van der Waals surface area contributed by atoms with E-state index in [2.05, 4.69) is 15.8 Å². The van der Waals surface area contributed by atoms with Crippen LogP contribution in [0.15, 0.2) is 84.0 Å². The average Bonchev–Trinajstić information content (AvgIpc) is 2.80. The summed E-state index contributed by atoms with van der Waals surface area (Å²) in [7, 11) is 0. The van der Waals surface area contributed by atoms with Crippen molar-refractivity contribution in [2.45, 2.75) is 20.0 Å². The van der Waals surface area contributed by atoms with Crippen molar-refractivity contribution in [3.63, 3.8) is 0 Å². The van der Waals surface area contributed by atoms with E-state index in [0.717, 1.165) is 11.1 Å². The number of carbonyl (C=O) groups is 2. The van der Waals surface area contributed by atoms with E-state index in [9.17, 15) is 9.59 Å². The summed E-state index contributed by atoms with van der Waals surface area (Å²) in [5.74, 6) is -0.909. The molecule has 2 N–H and O–H groups in total. The number of benzene rings is 3. The highest BCUT2D eigenvalue weighted by Crippen LogP contribution is 2.17. The summed E-state index contributed by atoms with van der Waals surface area (Å²) in [6.07, 6.45) is 2.11. The van der Waals surface area contributed by atoms with Crippen LogP contribution in [0.4, 0.5) is 0 Å². The van der Waals surface area contributed by atoms with Gasteiger partial charge in [0.2, 0.25) is 0 Å². The summed E-state index contributed by atoms with van der Waals surface area (Å²) in [6.45, 7) is 2.82. The molecule has 0 aliphatic heterocycles. The van der Waals surface area contributed by atoms with Crippen molar-refractivity contribution in [3.05, 3.63) is 101 Å². The Morgan fingerprint density at radius 2 is 1.58 bits per heavy atom. The molecule has 0 bridgehead atoms. The summed E-state index contributed by atoms with van der Waals surface area (Å²) in [6, 6.07) is 25.2. The van der Waals surface area contributed by atoms with Gasteiger partial charge in [-0.2, -0.15) is 5.10 Å². The Bertz CT molecular complexity index is 1030. The van der Waals surface area contributed by atoms with Crippen LogP contribution in [0.3, 0.4) is 0 Å². The minimum Gasteiger partial charge on any atom is -0.488 e. The number of rotatable bonds is 8. The molecule has 3 aromatic rings. The number of carbonyl (C=O) groups excluding carboxylic acids is 2. The molecule has 0 aromatic heterocycles. The number of hydrogen-bond donors (Lipinski definition) is 2. The van der Waals surface area contributed by atoms with Crippen molar-refractivity contribution in [2.24, 2.45) is 5.10 Å². The van der Waals surface area contributed by atoms with Gasteiger partial charge in [0.05, 0.1) is 6.21 Å².